The largest absolute Gasteiger partial charge is 0.392 e. The summed E-state index contributed by atoms with van der Waals surface area (Å²) in [4.78, 5) is 2.44. The first-order chi connectivity index (χ1) is 8.74. The van der Waals surface area contributed by atoms with Crippen molar-refractivity contribution in [3.05, 3.63) is 35.4 Å². The van der Waals surface area contributed by atoms with Crippen molar-refractivity contribution in [3.63, 3.8) is 0 Å². The second-order valence-corrected chi connectivity index (χ2v) is 5.32. The van der Waals surface area contributed by atoms with E-state index in [1.165, 1.54) is 11.1 Å². The summed E-state index contributed by atoms with van der Waals surface area (Å²) in [7, 11) is 0. The van der Waals surface area contributed by atoms with Crippen LogP contribution in [0.1, 0.15) is 31.4 Å². The molecule has 0 radical (unpaired) electrons. The number of hydrogen-bond donors (Lipinski definition) is 1. The highest BCUT2D eigenvalue weighted by atomic mass is 16.3. The van der Waals surface area contributed by atoms with Crippen molar-refractivity contribution in [3.8, 4) is 0 Å². The van der Waals surface area contributed by atoms with Gasteiger partial charge in [0, 0.05) is 0 Å². The number of hydrogen-bond acceptors (Lipinski definition) is 2. The standard InChI is InChI=1S/C16H25NO/c1-3-17(4-2)10-9-15-11-13-7-5-6-8-14(13)12-16(15)18/h5-8,15-16,18H,3-4,9-12H2,1-2H3/t15-,16-/m0/s1. The summed E-state index contributed by atoms with van der Waals surface area (Å²) in [5.74, 6) is 0.431. The van der Waals surface area contributed by atoms with Crippen molar-refractivity contribution < 1.29 is 5.11 Å². The molecule has 0 spiro atoms. The molecule has 0 unspecified atom stereocenters. The number of fused-ring (bicyclic) bond motifs is 1. The van der Waals surface area contributed by atoms with Crippen LogP contribution in [0.15, 0.2) is 24.3 Å². The third-order valence-electron chi connectivity index (χ3n) is 4.28. The predicted octanol–water partition coefficient (Wildman–Crippen LogP) is 2.49. The number of rotatable bonds is 5. The predicted molar refractivity (Wildman–Crippen MR) is 75.8 cm³/mol. The monoisotopic (exact) mass is 247 g/mol. The summed E-state index contributed by atoms with van der Waals surface area (Å²) < 4.78 is 0. The van der Waals surface area contributed by atoms with E-state index in [9.17, 15) is 5.11 Å². The molecule has 18 heavy (non-hydrogen) atoms. The molecule has 0 amide bonds. The number of nitrogens with zero attached hydrogens (tertiary/aromatic N) is 1. The highest BCUT2D eigenvalue weighted by Crippen LogP contribution is 2.27. The van der Waals surface area contributed by atoms with E-state index in [0.29, 0.717) is 5.92 Å². The molecule has 1 aliphatic carbocycles. The van der Waals surface area contributed by atoms with Gasteiger partial charge >= 0.3 is 0 Å². The van der Waals surface area contributed by atoms with Crippen molar-refractivity contribution in [1.29, 1.82) is 0 Å². The minimum absolute atomic E-state index is 0.157. The Kier molecular flexibility index (Phi) is 4.79. The van der Waals surface area contributed by atoms with Crippen LogP contribution in [0.3, 0.4) is 0 Å². The topological polar surface area (TPSA) is 23.5 Å². The highest BCUT2D eigenvalue weighted by molar-refractivity contribution is 5.30. The Balaban J connectivity index is 1.95. The number of benzene rings is 1. The average Bonchev–Trinajstić information content (AvgIpc) is 2.40. The summed E-state index contributed by atoms with van der Waals surface area (Å²) in [5.41, 5.74) is 2.77. The first-order valence-electron chi connectivity index (χ1n) is 7.21. The molecule has 0 aromatic heterocycles. The lowest BCUT2D eigenvalue weighted by Crippen LogP contribution is -2.34. The molecule has 2 heteroatoms. The SMILES string of the molecule is CCN(CC)CC[C@H]1Cc2ccccc2C[C@@H]1O. The zero-order valence-electron chi connectivity index (χ0n) is 11.6. The quantitative estimate of drug-likeness (QED) is 0.864. The molecule has 0 aliphatic heterocycles. The van der Waals surface area contributed by atoms with Crippen LogP contribution in [0.5, 0.6) is 0 Å². The zero-order valence-corrected chi connectivity index (χ0v) is 11.6. The molecule has 2 nitrogen and oxygen atoms in total. The van der Waals surface area contributed by atoms with Gasteiger partial charge in [-0.3, -0.25) is 0 Å². The smallest absolute Gasteiger partial charge is 0.0612 e. The summed E-state index contributed by atoms with van der Waals surface area (Å²) in [6, 6.07) is 8.55. The Morgan fingerprint density at radius 3 is 2.33 bits per heavy atom. The molecule has 0 saturated carbocycles. The maximum Gasteiger partial charge on any atom is 0.0612 e. The van der Waals surface area contributed by atoms with Crippen LogP contribution in [0.2, 0.25) is 0 Å². The second-order valence-electron chi connectivity index (χ2n) is 5.32. The summed E-state index contributed by atoms with van der Waals surface area (Å²) in [6.45, 7) is 7.73. The van der Waals surface area contributed by atoms with Crippen LogP contribution in [0.4, 0.5) is 0 Å². The molecular formula is C16H25NO. The van der Waals surface area contributed by atoms with Crippen LogP contribution in [0, 0.1) is 5.92 Å². The van der Waals surface area contributed by atoms with Gasteiger partial charge < -0.3 is 10.0 Å². The van der Waals surface area contributed by atoms with Crippen LogP contribution in [-0.4, -0.2) is 35.7 Å². The maximum atomic E-state index is 10.3. The van der Waals surface area contributed by atoms with E-state index < -0.39 is 0 Å². The molecule has 2 atom stereocenters. The molecular weight excluding hydrogens is 222 g/mol. The fourth-order valence-electron chi connectivity index (χ4n) is 2.95. The summed E-state index contributed by atoms with van der Waals surface area (Å²) in [6.07, 6.45) is 2.82. The van der Waals surface area contributed by atoms with Crippen molar-refractivity contribution in [2.75, 3.05) is 19.6 Å². The van der Waals surface area contributed by atoms with Crippen molar-refractivity contribution >= 4 is 0 Å². The first kappa shape index (κ1) is 13.6. The van der Waals surface area contributed by atoms with Gasteiger partial charge in [-0.15, -0.1) is 0 Å². The molecule has 1 aromatic carbocycles. The van der Waals surface area contributed by atoms with Crippen LogP contribution < -0.4 is 0 Å². The fraction of sp³-hybridized carbons (Fsp3) is 0.625. The Labute approximate surface area is 111 Å². The van der Waals surface area contributed by atoms with Crippen LogP contribution >= 0.6 is 0 Å². The fourth-order valence-corrected chi connectivity index (χ4v) is 2.95. The van der Waals surface area contributed by atoms with E-state index in [4.69, 9.17) is 0 Å². The van der Waals surface area contributed by atoms with Gasteiger partial charge in [-0.2, -0.15) is 0 Å². The van der Waals surface area contributed by atoms with Gasteiger partial charge in [0.05, 0.1) is 6.10 Å². The summed E-state index contributed by atoms with van der Waals surface area (Å²) in [5, 5.41) is 10.3. The van der Waals surface area contributed by atoms with E-state index >= 15 is 0 Å². The van der Waals surface area contributed by atoms with Crippen LogP contribution in [-0.2, 0) is 12.8 Å². The molecule has 1 aliphatic rings. The summed E-state index contributed by atoms with van der Waals surface area (Å²) >= 11 is 0. The number of aliphatic hydroxyl groups is 1. The van der Waals surface area contributed by atoms with Crippen molar-refractivity contribution in [2.24, 2.45) is 5.92 Å². The van der Waals surface area contributed by atoms with Crippen molar-refractivity contribution in [2.45, 2.75) is 39.2 Å². The maximum absolute atomic E-state index is 10.3. The van der Waals surface area contributed by atoms with E-state index in [0.717, 1.165) is 38.9 Å². The average molecular weight is 247 g/mol. The van der Waals surface area contributed by atoms with Gasteiger partial charge in [-0.25, -0.2) is 0 Å². The third kappa shape index (κ3) is 3.12. The number of aliphatic hydroxyl groups excluding tert-OH is 1. The minimum Gasteiger partial charge on any atom is -0.392 e. The molecule has 1 N–H and O–H groups in total. The molecule has 0 fully saturated rings. The van der Waals surface area contributed by atoms with Gasteiger partial charge in [-0.1, -0.05) is 38.1 Å². The minimum atomic E-state index is -0.157. The molecule has 2 rings (SSSR count). The van der Waals surface area contributed by atoms with Crippen LogP contribution in [0.25, 0.3) is 0 Å². The first-order valence-corrected chi connectivity index (χ1v) is 7.21. The molecule has 0 bridgehead atoms. The lowest BCUT2D eigenvalue weighted by atomic mass is 9.80. The second kappa shape index (κ2) is 6.35. The van der Waals surface area contributed by atoms with E-state index in [1.807, 2.05) is 0 Å². The van der Waals surface area contributed by atoms with Gasteiger partial charge in [-0.05, 0) is 55.9 Å². The lowest BCUT2D eigenvalue weighted by molar-refractivity contribution is 0.0871. The molecule has 0 heterocycles. The third-order valence-corrected chi connectivity index (χ3v) is 4.28. The molecule has 0 saturated heterocycles. The van der Waals surface area contributed by atoms with Gasteiger partial charge in [0.2, 0.25) is 0 Å². The molecule has 1 aromatic rings. The Morgan fingerprint density at radius 2 is 1.72 bits per heavy atom. The Hall–Kier alpha value is -0.860. The van der Waals surface area contributed by atoms with E-state index in [2.05, 4.69) is 43.0 Å². The highest BCUT2D eigenvalue weighted by Gasteiger charge is 2.26. The normalized spacial score (nSPS) is 23.1. The van der Waals surface area contributed by atoms with Gasteiger partial charge in [0.25, 0.3) is 0 Å². The Morgan fingerprint density at radius 1 is 1.11 bits per heavy atom. The zero-order chi connectivity index (χ0) is 13.0. The van der Waals surface area contributed by atoms with Gasteiger partial charge in [0.15, 0.2) is 0 Å². The Bertz CT molecular complexity index is 373. The van der Waals surface area contributed by atoms with E-state index in [1.54, 1.807) is 0 Å². The molecule has 100 valence electrons. The van der Waals surface area contributed by atoms with Crippen molar-refractivity contribution in [1.82, 2.24) is 4.90 Å². The van der Waals surface area contributed by atoms with E-state index in [-0.39, 0.29) is 6.10 Å². The van der Waals surface area contributed by atoms with Gasteiger partial charge in [0.1, 0.15) is 0 Å². The lowest BCUT2D eigenvalue weighted by Gasteiger charge is -2.31.